The van der Waals surface area contributed by atoms with Crippen molar-refractivity contribution in [2.45, 2.75) is 20.3 Å². The fraction of sp³-hybridized carbons (Fsp3) is 0.450. The first-order valence-electron chi connectivity index (χ1n) is 9.84. The molecular weight excluding hydrogens is 390 g/mol. The molecule has 1 aromatic heterocycles. The second kappa shape index (κ2) is 10.2. The molecular formula is C20H28N5O3S+. The number of rotatable bonds is 7. The lowest BCUT2D eigenvalue weighted by Gasteiger charge is -2.34. The van der Waals surface area contributed by atoms with Gasteiger partial charge >= 0.3 is 0 Å². The van der Waals surface area contributed by atoms with Crippen LogP contribution < -0.4 is 25.4 Å². The molecule has 2 aromatic rings. The van der Waals surface area contributed by atoms with E-state index in [2.05, 4.69) is 26.8 Å². The Labute approximate surface area is 174 Å². The molecule has 1 aliphatic rings. The predicted octanol–water partition coefficient (Wildman–Crippen LogP) is -0.0548. The van der Waals surface area contributed by atoms with E-state index in [1.54, 1.807) is 0 Å². The number of piperazine rings is 1. The van der Waals surface area contributed by atoms with Crippen LogP contribution in [0, 0.1) is 6.92 Å². The Bertz CT molecular complexity index is 833. The van der Waals surface area contributed by atoms with E-state index in [9.17, 15) is 9.59 Å². The number of hydrazine groups is 1. The van der Waals surface area contributed by atoms with Crippen LogP contribution in [-0.4, -0.2) is 56.1 Å². The van der Waals surface area contributed by atoms with E-state index in [0.717, 1.165) is 48.3 Å². The monoisotopic (exact) mass is 418 g/mol. The molecule has 0 aliphatic carbocycles. The average Bonchev–Trinajstić information content (AvgIpc) is 3.12. The van der Waals surface area contributed by atoms with Crippen molar-refractivity contribution in [2.24, 2.45) is 0 Å². The summed E-state index contributed by atoms with van der Waals surface area (Å²) in [6.45, 7) is 8.23. The van der Waals surface area contributed by atoms with E-state index in [1.165, 1.54) is 16.2 Å². The van der Waals surface area contributed by atoms with Crippen LogP contribution in [-0.2, 0) is 16.0 Å². The third-order valence-electron chi connectivity index (χ3n) is 4.71. The Morgan fingerprint density at radius 3 is 2.62 bits per heavy atom. The molecule has 1 fully saturated rings. The number of thiazole rings is 1. The first-order valence-corrected chi connectivity index (χ1v) is 10.7. The number of hydrogen-bond donors (Lipinski definition) is 3. The van der Waals surface area contributed by atoms with Crippen LogP contribution in [0.1, 0.15) is 17.6 Å². The molecule has 8 nitrogen and oxygen atoms in total. The Morgan fingerprint density at radius 2 is 1.93 bits per heavy atom. The molecule has 156 valence electrons. The molecule has 3 N–H and O–H groups in total. The van der Waals surface area contributed by atoms with Crippen molar-refractivity contribution in [1.82, 2.24) is 15.8 Å². The molecule has 29 heavy (non-hydrogen) atoms. The summed E-state index contributed by atoms with van der Waals surface area (Å²) in [7, 11) is 0. The Hall–Kier alpha value is -2.65. The highest BCUT2D eigenvalue weighted by Gasteiger charge is 2.24. The van der Waals surface area contributed by atoms with Gasteiger partial charge in [-0.15, -0.1) is 11.3 Å². The smallest absolute Gasteiger partial charge is 0.293 e. The molecule has 3 rings (SSSR count). The summed E-state index contributed by atoms with van der Waals surface area (Å²) in [6, 6.07) is 8.05. The van der Waals surface area contributed by atoms with Crippen LogP contribution in [0.4, 0.5) is 5.69 Å². The van der Waals surface area contributed by atoms with E-state index < -0.39 is 0 Å². The zero-order valence-corrected chi connectivity index (χ0v) is 17.7. The molecule has 1 aliphatic heterocycles. The maximum atomic E-state index is 12.2. The zero-order valence-electron chi connectivity index (χ0n) is 16.9. The normalized spacial score (nSPS) is 14.5. The standard InChI is InChI=1S/C20H27N5O3S/c1-3-28-17-7-5-4-6-16(17)25-10-8-24(9-11-25)13-19(27)23-22-18(26)12-20-21-15(2)14-29-20/h4-7,14H,3,8-13H2,1-2H3,(H,22,26)(H,23,27)/p+1. The third kappa shape index (κ3) is 6.16. The van der Waals surface area contributed by atoms with Gasteiger partial charge in [0.1, 0.15) is 10.8 Å². The van der Waals surface area contributed by atoms with E-state index in [0.29, 0.717) is 13.2 Å². The molecule has 1 saturated heterocycles. The quantitative estimate of drug-likeness (QED) is 0.549. The average molecular weight is 419 g/mol. The summed E-state index contributed by atoms with van der Waals surface area (Å²) in [5, 5.41) is 2.64. The number of aryl methyl sites for hydroxylation is 1. The summed E-state index contributed by atoms with van der Waals surface area (Å²) >= 11 is 1.44. The van der Waals surface area contributed by atoms with Crippen molar-refractivity contribution >= 4 is 28.8 Å². The number of aromatic nitrogens is 1. The second-order valence-electron chi connectivity index (χ2n) is 6.97. The predicted molar refractivity (Wildman–Crippen MR) is 112 cm³/mol. The fourth-order valence-corrected chi connectivity index (χ4v) is 4.08. The number of nitrogens with zero attached hydrogens (tertiary/aromatic N) is 2. The number of amides is 2. The minimum absolute atomic E-state index is 0.170. The summed E-state index contributed by atoms with van der Waals surface area (Å²) in [6.07, 6.45) is 0.170. The summed E-state index contributed by atoms with van der Waals surface area (Å²) in [4.78, 5) is 31.8. The molecule has 2 heterocycles. The maximum Gasteiger partial charge on any atom is 0.293 e. The second-order valence-corrected chi connectivity index (χ2v) is 7.91. The highest BCUT2D eigenvalue weighted by molar-refractivity contribution is 7.09. The molecule has 0 unspecified atom stereocenters. The minimum atomic E-state index is -0.264. The fourth-order valence-electron chi connectivity index (χ4n) is 3.31. The van der Waals surface area contributed by atoms with Crippen molar-refractivity contribution in [3.63, 3.8) is 0 Å². The highest BCUT2D eigenvalue weighted by Crippen LogP contribution is 2.27. The number of nitrogens with one attached hydrogen (secondary N) is 3. The largest absolute Gasteiger partial charge is 0.492 e. The molecule has 0 spiro atoms. The molecule has 1 aromatic carbocycles. The van der Waals surface area contributed by atoms with Crippen LogP contribution in [0.2, 0.25) is 0 Å². The van der Waals surface area contributed by atoms with Crippen LogP contribution in [0.5, 0.6) is 5.75 Å². The van der Waals surface area contributed by atoms with Gasteiger partial charge in [-0.2, -0.15) is 0 Å². The number of carbonyl (C=O) groups is 2. The lowest BCUT2D eigenvalue weighted by atomic mass is 10.2. The number of carbonyl (C=O) groups excluding carboxylic acids is 2. The van der Waals surface area contributed by atoms with Gasteiger partial charge in [0.25, 0.3) is 5.91 Å². The van der Waals surface area contributed by atoms with Gasteiger partial charge in [0.15, 0.2) is 6.54 Å². The topological polar surface area (TPSA) is 88.0 Å². The lowest BCUT2D eigenvalue weighted by molar-refractivity contribution is -0.892. The van der Waals surface area contributed by atoms with Crippen LogP contribution in [0.25, 0.3) is 0 Å². The molecule has 0 saturated carbocycles. The van der Waals surface area contributed by atoms with Gasteiger partial charge in [-0.1, -0.05) is 12.1 Å². The molecule has 2 amide bonds. The number of ether oxygens (including phenoxy) is 1. The van der Waals surface area contributed by atoms with Gasteiger partial charge in [0, 0.05) is 11.1 Å². The molecule has 9 heteroatoms. The van der Waals surface area contributed by atoms with Crippen molar-refractivity contribution < 1.29 is 19.2 Å². The summed E-state index contributed by atoms with van der Waals surface area (Å²) in [5.74, 6) is 0.446. The number of benzene rings is 1. The van der Waals surface area contributed by atoms with E-state index in [-0.39, 0.29) is 18.2 Å². The SMILES string of the molecule is CCOc1ccccc1N1CC[NH+](CC(=O)NNC(=O)Cc2nc(C)cs2)CC1. The lowest BCUT2D eigenvalue weighted by Crippen LogP contribution is -3.16. The van der Waals surface area contributed by atoms with E-state index in [4.69, 9.17) is 4.74 Å². The first-order chi connectivity index (χ1) is 14.0. The van der Waals surface area contributed by atoms with Crippen LogP contribution >= 0.6 is 11.3 Å². The van der Waals surface area contributed by atoms with E-state index in [1.807, 2.05) is 37.4 Å². The minimum Gasteiger partial charge on any atom is -0.492 e. The third-order valence-corrected chi connectivity index (χ3v) is 5.67. The van der Waals surface area contributed by atoms with E-state index >= 15 is 0 Å². The van der Waals surface area contributed by atoms with Gasteiger partial charge in [0.05, 0.1) is 44.9 Å². The van der Waals surface area contributed by atoms with Crippen LogP contribution in [0.3, 0.4) is 0 Å². The zero-order chi connectivity index (χ0) is 20.6. The van der Waals surface area contributed by atoms with Crippen molar-refractivity contribution in [3.8, 4) is 5.75 Å². The number of para-hydroxylation sites is 2. The van der Waals surface area contributed by atoms with Crippen molar-refractivity contribution in [2.75, 3.05) is 44.2 Å². The van der Waals surface area contributed by atoms with Crippen LogP contribution in [0.15, 0.2) is 29.6 Å². The van der Waals surface area contributed by atoms with Gasteiger partial charge in [-0.3, -0.25) is 20.4 Å². The first kappa shape index (κ1) is 21.1. The maximum absolute atomic E-state index is 12.2. The van der Waals surface area contributed by atoms with Crippen molar-refractivity contribution in [1.29, 1.82) is 0 Å². The molecule has 0 bridgehead atoms. The van der Waals surface area contributed by atoms with Gasteiger partial charge in [0.2, 0.25) is 5.91 Å². The number of anilines is 1. The number of quaternary nitrogens is 1. The summed E-state index contributed by atoms with van der Waals surface area (Å²) < 4.78 is 5.72. The highest BCUT2D eigenvalue weighted by atomic mass is 32.1. The van der Waals surface area contributed by atoms with Gasteiger partial charge < -0.3 is 14.5 Å². The van der Waals surface area contributed by atoms with Crippen molar-refractivity contribution in [3.05, 3.63) is 40.3 Å². The molecule has 0 atom stereocenters. The Morgan fingerprint density at radius 1 is 1.21 bits per heavy atom. The Balaban J connectivity index is 1.40. The van der Waals surface area contributed by atoms with Gasteiger partial charge in [-0.25, -0.2) is 4.98 Å². The summed E-state index contributed by atoms with van der Waals surface area (Å²) in [5.41, 5.74) is 6.98. The number of hydrogen-bond acceptors (Lipinski definition) is 6. The molecule has 0 radical (unpaired) electrons. The van der Waals surface area contributed by atoms with Gasteiger partial charge in [-0.05, 0) is 26.0 Å². The Kier molecular flexibility index (Phi) is 7.42.